The van der Waals surface area contributed by atoms with Crippen LogP contribution in [-0.4, -0.2) is 0 Å². The van der Waals surface area contributed by atoms with Gasteiger partial charge in [-0.15, -0.1) is 0 Å². The largest absolute Gasteiger partial charge is 0.0616 e. The van der Waals surface area contributed by atoms with Gasteiger partial charge in [0.2, 0.25) is 0 Å². The lowest BCUT2D eigenvalue weighted by Crippen LogP contribution is -1.90. The molecule has 0 aliphatic heterocycles. The molecule has 0 bridgehead atoms. The fourth-order valence-electron chi connectivity index (χ4n) is 5.64. The Hall–Kier alpha value is -3.24. The highest BCUT2D eigenvalue weighted by Gasteiger charge is 2.15. The molecule has 0 fully saturated rings. The van der Waals surface area contributed by atoms with Crippen LogP contribution in [0.5, 0.6) is 0 Å². The molecule has 186 valence electrons. The van der Waals surface area contributed by atoms with Crippen LogP contribution in [-0.2, 0) is 0 Å². The van der Waals surface area contributed by atoms with Gasteiger partial charge in [-0.3, -0.25) is 0 Å². The summed E-state index contributed by atoms with van der Waals surface area (Å²) >= 11 is 11.3. The number of halogens is 3. The summed E-state index contributed by atoms with van der Waals surface area (Å²) in [4.78, 5) is 0. The quantitative estimate of drug-likeness (QED) is 0.173. The molecule has 0 unspecified atom stereocenters. The molecule has 0 radical (unpaired) electrons. The molecule has 0 N–H and O–H groups in total. The first-order valence-corrected chi connectivity index (χ1v) is 15.1. The Morgan fingerprint density at radius 3 is 0.821 bits per heavy atom. The third-order valence-electron chi connectivity index (χ3n) is 7.48. The molecule has 0 aliphatic carbocycles. The van der Waals surface area contributed by atoms with E-state index in [-0.39, 0.29) is 0 Å². The van der Waals surface area contributed by atoms with Gasteiger partial charge in [0.1, 0.15) is 0 Å². The normalized spacial score (nSPS) is 11.5. The van der Waals surface area contributed by atoms with Gasteiger partial charge in [-0.05, 0) is 102 Å². The maximum absolute atomic E-state index is 3.76. The summed E-state index contributed by atoms with van der Waals surface area (Å²) in [7, 11) is 0. The molecule has 0 amide bonds. The summed E-state index contributed by atoms with van der Waals surface area (Å²) in [5.74, 6) is 0. The van der Waals surface area contributed by atoms with E-state index in [9.17, 15) is 0 Å². The van der Waals surface area contributed by atoms with E-state index in [0.29, 0.717) is 0 Å². The summed E-state index contributed by atoms with van der Waals surface area (Å²) < 4.78 is 3.32. The Kier molecular flexibility index (Phi) is 6.39. The van der Waals surface area contributed by atoms with Crippen molar-refractivity contribution in [2.45, 2.75) is 0 Å². The van der Waals surface area contributed by atoms with E-state index >= 15 is 0 Å². The fourth-order valence-corrected chi connectivity index (χ4v) is 7.07. The average molecular weight is 693 g/mol. The zero-order chi connectivity index (χ0) is 26.5. The van der Waals surface area contributed by atoms with Crippen LogP contribution in [0.1, 0.15) is 0 Å². The maximum Gasteiger partial charge on any atom is 0.0254 e. The van der Waals surface area contributed by atoms with Crippen LogP contribution in [0.2, 0.25) is 0 Å². The zero-order valence-corrected chi connectivity index (χ0v) is 25.5. The van der Waals surface area contributed by atoms with Crippen LogP contribution in [0.4, 0.5) is 0 Å². The van der Waals surface area contributed by atoms with Gasteiger partial charge >= 0.3 is 0 Å². The Morgan fingerprint density at radius 2 is 0.538 bits per heavy atom. The van der Waals surface area contributed by atoms with Crippen LogP contribution < -0.4 is 0 Å². The van der Waals surface area contributed by atoms with Crippen LogP contribution in [0.25, 0.3) is 65.7 Å². The van der Waals surface area contributed by atoms with Gasteiger partial charge in [-0.2, -0.15) is 0 Å². The molecular formula is C36H21Br3. The van der Waals surface area contributed by atoms with E-state index < -0.39 is 0 Å². The van der Waals surface area contributed by atoms with E-state index in [2.05, 4.69) is 175 Å². The molecule has 0 aromatic heterocycles. The van der Waals surface area contributed by atoms with E-state index in [1.54, 1.807) is 0 Å². The Bertz CT molecular complexity index is 1810. The van der Waals surface area contributed by atoms with Gasteiger partial charge in [0.15, 0.2) is 0 Å². The molecule has 3 heteroatoms. The molecule has 39 heavy (non-hydrogen) atoms. The van der Waals surface area contributed by atoms with Crippen molar-refractivity contribution in [2.75, 3.05) is 0 Å². The molecule has 7 aromatic carbocycles. The zero-order valence-electron chi connectivity index (χ0n) is 20.8. The van der Waals surface area contributed by atoms with Crippen molar-refractivity contribution in [1.82, 2.24) is 0 Å². The van der Waals surface area contributed by atoms with Gasteiger partial charge < -0.3 is 0 Å². The SMILES string of the molecule is Brc1ccc(-c2cc(-c3ccc(Br)c4ccccc34)cc(-c3ccc(Br)c4ccccc34)c2)c2ccccc12. The van der Waals surface area contributed by atoms with Gasteiger partial charge in [-0.1, -0.05) is 139 Å². The van der Waals surface area contributed by atoms with E-state index in [0.717, 1.165) is 13.4 Å². The lowest BCUT2D eigenvalue weighted by atomic mass is 9.88. The monoisotopic (exact) mass is 690 g/mol. The first-order valence-electron chi connectivity index (χ1n) is 12.8. The first kappa shape index (κ1) is 24.8. The summed E-state index contributed by atoms with van der Waals surface area (Å²) in [6.07, 6.45) is 0. The minimum absolute atomic E-state index is 1.11. The smallest absolute Gasteiger partial charge is 0.0254 e. The van der Waals surface area contributed by atoms with Crippen molar-refractivity contribution in [3.8, 4) is 33.4 Å². The third kappa shape index (κ3) is 4.34. The highest BCUT2D eigenvalue weighted by molar-refractivity contribution is 9.11. The maximum atomic E-state index is 3.76. The Morgan fingerprint density at radius 1 is 0.282 bits per heavy atom. The molecule has 0 saturated heterocycles. The molecule has 0 spiro atoms. The lowest BCUT2D eigenvalue weighted by Gasteiger charge is -2.16. The molecule has 0 aliphatic rings. The summed E-state index contributed by atoms with van der Waals surface area (Å²) in [5.41, 5.74) is 7.26. The van der Waals surface area contributed by atoms with Gasteiger partial charge in [0, 0.05) is 13.4 Å². The number of benzene rings is 7. The second-order valence-electron chi connectivity index (χ2n) is 9.72. The molecule has 0 saturated carbocycles. The fraction of sp³-hybridized carbons (Fsp3) is 0. The summed E-state index contributed by atoms with van der Waals surface area (Å²) in [6.45, 7) is 0. The average Bonchev–Trinajstić information content (AvgIpc) is 2.98. The molecule has 0 heterocycles. The van der Waals surface area contributed by atoms with Crippen molar-refractivity contribution >= 4 is 80.1 Å². The topological polar surface area (TPSA) is 0 Å². The molecule has 7 aromatic rings. The van der Waals surface area contributed by atoms with Gasteiger partial charge in [-0.25, -0.2) is 0 Å². The van der Waals surface area contributed by atoms with Crippen molar-refractivity contribution in [3.63, 3.8) is 0 Å². The van der Waals surface area contributed by atoms with E-state index in [4.69, 9.17) is 0 Å². The summed E-state index contributed by atoms with van der Waals surface area (Å²) in [6, 6.07) is 46.0. The Labute approximate surface area is 252 Å². The minimum Gasteiger partial charge on any atom is -0.0616 e. The second kappa shape index (κ2) is 10.1. The van der Waals surface area contributed by atoms with Gasteiger partial charge in [0.25, 0.3) is 0 Å². The molecular weight excluding hydrogens is 672 g/mol. The van der Waals surface area contributed by atoms with Crippen LogP contribution in [0.3, 0.4) is 0 Å². The number of hydrogen-bond donors (Lipinski definition) is 0. The predicted octanol–water partition coefficient (Wildman–Crippen LogP) is 12.4. The highest BCUT2D eigenvalue weighted by atomic mass is 79.9. The molecule has 0 atom stereocenters. The van der Waals surface area contributed by atoms with Crippen molar-refractivity contribution in [2.24, 2.45) is 0 Å². The van der Waals surface area contributed by atoms with Gasteiger partial charge in [0.05, 0.1) is 0 Å². The predicted molar refractivity (Wildman–Crippen MR) is 178 cm³/mol. The standard InChI is InChI=1S/C36H21Br3/c37-34-16-13-25(28-7-1-4-10-31(28)34)22-19-23(26-14-17-35(38)32-11-5-2-8-29(26)32)21-24(20-22)27-15-18-36(39)33-12-6-3-9-30(27)33/h1-21H. The van der Waals surface area contributed by atoms with Crippen molar-refractivity contribution in [1.29, 1.82) is 0 Å². The number of hydrogen-bond acceptors (Lipinski definition) is 0. The second-order valence-corrected chi connectivity index (χ2v) is 12.3. The summed E-state index contributed by atoms with van der Waals surface area (Å²) in [5, 5.41) is 7.34. The highest BCUT2D eigenvalue weighted by Crippen LogP contribution is 2.42. The first-order chi connectivity index (χ1) is 19.1. The number of fused-ring (bicyclic) bond motifs is 3. The molecule has 0 nitrogen and oxygen atoms in total. The van der Waals surface area contributed by atoms with E-state index in [1.165, 1.54) is 65.7 Å². The van der Waals surface area contributed by atoms with Crippen LogP contribution >= 0.6 is 47.8 Å². The van der Waals surface area contributed by atoms with Crippen molar-refractivity contribution in [3.05, 3.63) is 141 Å². The van der Waals surface area contributed by atoms with Crippen LogP contribution in [0.15, 0.2) is 141 Å². The minimum atomic E-state index is 1.11. The van der Waals surface area contributed by atoms with Crippen molar-refractivity contribution < 1.29 is 0 Å². The third-order valence-corrected chi connectivity index (χ3v) is 9.55. The molecule has 7 rings (SSSR count). The van der Waals surface area contributed by atoms with Crippen LogP contribution in [0, 0.1) is 0 Å². The van der Waals surface area contributed by atoms with E-state index in [1.807, 2.05) is 0 Å². The number of rotatable bonds is 3. The lowest BCUT2D eigenvalue weighted by molar-refractivity contribution is 1.59. The Balaban J connectivity index is 1.57.